The van der Waals surface area contributed by atoms with Crippen molar-refractivity contribution in [2.75, 3.05) is 31.6 Å². The number of methoxy groups -OCH3 is 1. The molecule has 0 aliphatic carbocycles. The summed E-state index contributed by atoms with van der Waals surface area (Å²) in [6.45, 7) is 3.89. The Bertz CT molecular complexity index is 577. The van der Waals surface area contributed by atoms with Gasteiger partial charge in [-0.25, -0.2) is 14.4 Å². The zero-order chi connectivity index (χ0) is 16.4. The molecule has 0 saturated carbocycles. The molecule has 1 amide bonds. The lowest BCUT2D eigenvalue weighted by Crippen LogP contribution is -2.45. The smallest absolute Gasteiger partial charge is 0.245 e. The van der Waals surface area contributed by atoms with Crippen molar-refractivity contribution in [3.63, 3.8) is 0 Å². The van der Waals surface area contributed by atoms with Crippen molar-refractivity contribution in [3.8, 4) is 0 Å². The lowest BCUT2D eigenvalue weighted by atomic mass is 10.1. The lowest BCUT2D eigenvalue weighted by Gasteiger charge is -2.28. The normalized spacial score (nSPS) is 24.5. The molecule has 2 aliphatic rings. The van der Waals surface area contributed by atoms with Crippen LogP contribution in [0, 0.1) is 5.82 Å². The van der Waals surface area contributed by atoms with E-state index >= 15 is 0 Å². The highest BCUT2D eigenvalue weighted by atomic mass is 19.1. The van der Waals surface area contributed by atoms with Crippen LogP contribution in [0.1, 0.15) is 31.9 Å². The van der Waals surface area contributed by atoms with Gasteiger partial charge in [0.2, 0.25) is 5.91 Å². The fraction of sp³-hybridized carbons (Fsp3) is 0.688. The highest BCUT2D eigenvalue weighted by Gasteiger charge is 2.41. The maximum Gasteiger partial charge on any atom is 0.245 e. The summed E-state index contributed by atoms with van der Waals surface area (Å²) in [6, 6.07) is -0.410. The molecule has 6 nitrogen and oxygen atoms in total. The van der Waals surface area contributed by atoms with Gasteiger partial charge in [0.25, 0.3) is 0 Å². The van der Waals surface area contributed by atoms with E-state index in [1.54, 1.807) is 12.0 Å². The minimum absolute atomic E-state index is 0.0538. The average Bonchev–Trinajstić information content (AvgIpc) is 3.24. The number of likely N-dealkylation sites (tertiary alicyclic amines) is 1. The number of aryl methyl sites for hydroxylation is 1. The number of carbonyl (C=O) groups excluding carboxylic acids is 1. The Morgan fingerprint density at radius 3 is 2.78 bits per heavy atom. The highest BCUT2D eigenvalue weighted by molar-refractivity contribution is 5.86. The number of anilines is 1. The maximum atomic E-state index is 14.6. The van der Waals surface area contributed by atoms with Crippen LogP contribution in [0.25, 0.3) is 0 Å². The van der Waals surface area contributed by atoms with Crippen LogP contribution in [0.5, 0.6) is 0 Å². The van der Waals surface area contributed by atoms with E-state index in [2.05, 4.69) is 9.97 Å². The second-order valence-electron chi connectivity index (χ2n) is 6.11. The molecule has 126 valence electrons. The minimum atomic E-state index is -0.425. The number of rotatable bonds is 4. The summed E-state index contributed by atoms with van der Waals surface area (Å²) in [5.74, 6) is -0.155. The summed E-state index contributed by atoms with van der Waals surface area (Å²) < 4.78 is 20.1. The van der Waals surface area contributed by atoms with Crippen molar-refractivity contribution >= 4 is 11.7 Å². The van der Waals surface area contributed by atoms with Gasteiger partial charge in [-0.05, 0) is 19.3 Å². The van der Waals surface area contributed by atoms with Gasteiger partial charge in [0.15, 0.2) is 11.6 Å². The quantitative estimate of drug-likeness (QED) is 0.838. The van der Waals surface area contributed by atoms with Gasteiger partial charge < -0.3 is 14.5 Å². The summed E-state index contributed by atoms with van der Waals surface area (Å²) in [5.41, 5.74) is 0.378. The van der Waals surface area contributed by atoms with Gasteiger partial charge >= 0.3 is 0 Å². The summed E-state index contributed by atoms with van der Waals surface area (Å²) in [6.07, 6.45) is 4.41. The number of hydrogen-bond acceptors (Lipinski definition) is 5. The van der Waals surface area contributed by atoms with Gasteiger partial charge in [0, 0.05) is 33.2 Å². The van der Waals surface area contributed by atoms with Crippen molar-refractivity contribution in [2.45, 2.75) is 44.8 Å². The molecule has 7 heteroatoms. The Labute approximate surface area is 135 Å². The molecule has 1 aromatic rings. The third-order valence-corrected chi connectivity index (χ3v) is 4.75. The Morgan fingerprint density at radius 2 is 2.13 bits per heavy atom. The van der Waals surface area contributed by atoms with Crippen molar-refractivity contribution in [1.29, 1.82) is 0 Å². The third-order valence-electron chi connectivity index (χ3n) is 4.75. The number of nitrogens with zero attached hydrogens (tertiary/aromatic N) is 4. The molecule has 3 heterocycles. The van der Waals surface area contributed by atoms with E-state index in [-0.39, 0.29) is 17.8 Å². The molecule has 2 aliphatic heterocycles. The molecule has 2 fully saturated rings. The second-order valence-corrected chi connectivity index (χ2v) is 6.11. The van der Waals surface area contributed by atoms with E-state index in [4.69, 9.17) is 4.74 Å². The molecule has 1 aromatic heterocycles. The summed E-state index contributed by atoms with van der Waals surface area (Å²) >= 11 is 0. The molecular weight excluding hydrogens is 299 g/mol. The monoisotopic (exact) mass is 322 g/mol. The van der Waals surface area contributed by atoms with Crippen LogP contribution >= 0.6 is 0 Å². The molecule has 0 N–H and O–H groups in total. The minimum Gasteiger partial charge on any atom is -0.380 e. The molecule has 2 atom stereocenters. The highest BCUT2D eigenvalue weighted by Crippen LogP contribution is 2.30. The summed E-state index contributed by atoms with van der Waals surface area (Å²) in [7, 11) is 1.62. The number of hydrogen-bond donors (Lipinski definition) is 0. The van der Waals surface area contributed by atoms with Crippen LogP contribution in [0.15, 0.2) is 6.33 Å². The fourth-order valence-corrected chi connectivity index (χ4v) is 3.43. The number of ether oxygens (including phenoxy) is 1. The van der Waals surface area contributed by atoms with Gasteiger partial charge in [0.1, 0.15) is 12.4 Å². The number of halogens is 1. The van der Waals surface area contributed by atoms with Crippen LogP contribution in [-0.4, -0.2) is 59.7 Å². The van der Waals surface area contributed by atoms with E-state index < -0.39 is 11.9 Å². The van der Waals surface area contributed by atoms with Crippen molar-refractivity contribution in [3.05, 3.63) is 17.8 Å². The Morgan fingerprint density at radius 1 is 1.39 bits per heavy atom. The first-order valence-electron chi connectivity index (χ1n) is 8.23. The van der Waals surface area contributed by atoms with Crippen LogP contribution in [0.4, 0.5) is 10.2 Å². The number of carbonyl (C=O) groups is 1. The van der Waals surface area contributed by atoms with E-state index in [1.165, 1.54) is 6.33 Å². The van der Waals surface area contributed by atoms with Gasteiger partial charge in [-0.15, -0.1) is 0 Å². The summed E-state index contributed by atoms with van der Waals surface area (Å²) in [5, 5.41) is 0. The largest absolute Gasteiger partial charge is 0.380 e. The number of aromatic nitrogens is 2. The Balaban J connectivity index is 1.90. The molecule has 2 saturated heterocycles. The van der Waals surface area contributed by atoms with Crippen molar-refractivity contribution in [2.24, 2.45) is 0 Å². The van der Waals surface area contributed by atoms with E-state index in [0.717, 1.165) is 25.9 Å². The SMILES string of the molecule is CCc1ncnc(N2C[C@@H](OC)C[C@H]2C(=O)N2CCCC2)c1F. The second kappa shape index (κ2) is 6.78. The van der Waals surface area contributed by atoms with Gasteiger partial charge in [-0.1, -0.05) is 6.92 Å². The number of amides is 1. The first-order chi connectivity index (χ1) is 11.2. The molecule has 0 unspecified atom stereocenters. The molecule has 23 heavy (non-hydrogen) atoms. The van der Waals surface area contributed by atoms with Gasteiger partial charge in [-0.3, -0.25) is 4.79 Å². The topological polar surface area (TPSA) is 58.6 Å². The molecule has 0 aromatic carbocycles. The predicted molar refractivity (Wildman–Crippen MR) is 83.7 cm³/mol. The Kier molecular flexibility index (Phi) is 4.75. The standard InChI is InChI=1S/C16H23FN4O2/c1-3-12-14(17)15(19-10-18-12)21-9-11(23-2)8-13(21)16(22)20-6-4-5-7-20/h10-11,13H,3-9H2,1-2H3/t11-,13-/m0/s1. The first kappa shape index (κ1) is 16.1. The van der Waals surface area contributed by atoms with Crippen LogP contribution in [0.2, 0.25) is 0 Å². The summed E-state index contributed by atoms with van der Waals surface area (Å²) in [4.78, 5) is 24.5. The lowest BCUT2D eigenvalue weighted by molar-refractivity contribution is -0.131. The van der Waals surface area contributed by atoms with E-state index in [9.17, 15) is 9.18 Å². The molecule has 0 bridgehead atoms. The van der Waals surface area contributed by atoms with Crippen LogP contribution in [-0.2, 0) is 16.0 Å². The zero-order valence-corrected chi connectivity index (χ0v) is 13.7. The van der Waals surface area contributed by atoms with Crippen LogP contribution < -0.4 is 4.90 Å². The van der Waals surface area contributed by atoms with Crippen molar-refractivity contribution < 1.29 is 13.9 Å². The van der Waals surface area contributed by atoms with Crippen LogP contribution in [0.3, 0.4) is 0 Å². The first-order valence-corrected chi connectivity index (χ1v) is 8.23. The third kappa shape index (κ3) is 3.02. The maximum absolute atomic E-state index is 14.6. The zero-order valence-electron chi connectivity index (χ0n) is 13.7. The van der Waals surface area contributed by atoms with Crippen molar-refractivity contribution in [1.82, 2.24) is 14.9 Å². The van der Waals surface area contributed by atoms with Gasteiger partial charge in [0.05, 0.1) is 11.8 Å². The molecule has 0 radical (unpaired) electrons. The van der Waals surface area contributed by atoms with E-state index in [1.807, 2.05) is 11.8 Å². The Hall–Kier alpha value is -1.76. The molecule has 0 spiro atoms. The fourth-order valence-electron chi connectivity index (χ4n) is 3.43. The van der Waals surface area contributed by atoms with E-state index in [0.29, 0.717) is 25.1 Å². The predicted octanol–water partition coefficient (Wildman–Crippen LogP) is 1.39. The van der Waals surface area contributed by atoms with Gasteiger partial charge in [-0.2, -0.15) is 0 Å². The molecule has 3 rings (SSSR count). The average molecular weight is 322 g/mol. The molecular formula is C16H23FN4O2.